The maximum atomic E-state index is 11.6. The third kappa shape index (κ3) is 3.35. The fraction of sp³-hybridized carbons (Fsp3) is 0.267. The lowest BCUT2D eigenvalue weighted by atomic mass is 10.1. The highest BCUT2D eigenvalue weighted by atomic mass is 16.5. The van der Waals surface area contributed by atoms with E-state index in [4.69, 9.17) is 9.15 Å². The molecular weight excluding hydrogens is 300 g/mol. The number of carbonyl (C=O) groups is 2. The highest BCUT2D eigenvalue weighted by Crippen LogP contribution is 2.28. The van der Waals surface area contributed by atoms with Gasteiger partial charge in [0.2, 0.25) is 5.88 Å². The normalized spacial score (nSPS) is 10.0. The van der Waals surface area contributed by atoms with Gasteiger partial charge in [-0.1, -0.05) is 0 Å². The number of nitrogens with one attached hydrogen (secondary N) is 1. The number of furan rings is 1. The van der Waals surface area contributed by atoms with E-state index < -0.39 is 5.97 Å². The molecule has 0 unspecified atom stereocenters. The summed E-state index contributed by atoms with van der Waals surface area (Å²) in [4.78, 5) is 23.1. The Morgan fingerprint density at radius 3 is 2.65 bits per heavy atom. The van der Waals surface area contributed by atoms with Crippen LogP contribution in [-0.2, 0) is 4.74 Å². The van der Waals surface area contributed by atoms with Crippen LogP contribution in [0.5, 0.6) is 0 Å². The average Bonchev–Trinajstić information content (AvgIpc) is 2.83. The minimum Gasteiger partial charge on any atom is -0.461 e. The summed E-state index contributed by atoms with van der Waals surface area (Å²) in [5.41, 5.74) is 0.398. The van der Waals surface area contributed by atoms with Crippen molar-refractivity contribution >= 4 is 23.5 Å². The number of nitrogens with zero attached hydrogens (tertiary/aromatic N) is 3. The molecular formula is C15H14N4O4. The van der Waals surface area contributed by atoms with Crippen molar-refractivity contribution in [1.82, 2.24) is 10.2 Å². The maximum Gasteiger partial charge on any atom is 0.358 e. The molecule has 1 N–H and O–H groups in total. The van der Waals surface area contributed by atoms with Crippen molar-refractivity contribution in [2.24, 2.45) is 0 Å². The molecule has 0 aliphatic carbocycles. The number of hydrogen-bond acceptors (Lipinski definition) is 8. The van der Waals surface area contributed by atoms with Crippen molar-refractivity contribution in [1.29, 1.82) is 5.26 Å². The van der Waals surface area contributed by atoms with E-state index in [1.165, 1.54) is 19.1 Å². The molecule has 2 rings (SSSR count). The summed E-state index contributed by atoms with van der Waals surface area (Å²) in [6.07, 6.45) is 0. The standard InChI is InChI=1S/C15H14N4O4/c1-4-22-15(21)11-5-6-12(19-18-11)17-14-10(7-16)13(8(2)20)9(3)23-14/h5-6H,4H2,1-3H3,(H,17,19). The third-order valence-corrected chi connectivity index (χ3v) is 2.94. The molecule has 0 bridgehead atoms. The third-order valence-electron chi connectivity index (χ3n) is 2.94. The Labute approximate surface area is 132 Å². The number of anilines is 2. The monoisotopic (exact) mass is 314 g/mol. The van der Waals surface area contributed by atoms with E-state index in [9.17, 15) is 14.9 Å². The van der Waals surface area contributed by atoms with Gasteiger partial charge in [-0.25, -0.2) is 4.79 Å². The zero-order valence-corrected chi connectivity index (χ0v) is 12.8. The summed E-state index contributed by atoms with van der Waals surface area (Å²) in [5, 5.41) is 19.5. The topological polar surface area (TPSA) is 118 Å². The van der Waals surface area contributed by atoms with Gasteiger partial charge in [0.15, 0.2) is 17.3 Å². The van der Waals surface area contributed by atoms with Gasteiger partial charge in [-0.2, -0.15) is 5.26 Å². The summed E-state index contributed by atoms with van der Waals surface area (Å²) in [6.45, 7) is 4.89. The molecule has 23 heavy (non-hydrogen) atoms. The number of Topliss-reactive ketones (excluding diaryl/α,β-unsaturated/α-hetero) is 1. The van der Waals surface area contributed by atoms with E-state index in [1.54, 1.807) is 13.8 Å². The molecule has 0 aromatic carbocycles. The van der Waals surface area contributed by atoms with Crippen LogP contribution in [0.25, 0.3) is 0 Å². The van der Waals surface area contributed by atoms with Crippen molar-refractivity contribution < 1.29 is 18.7 Å². The van der Waals surface area contributed by atoms with Gasteiger partial charge in [0, 0.05) is 0 Å². The fourth-order valence-electron chi connectivity index (χ4n) is 1.99. The van der Waals surface area contributed by atoms with Crippen LogP contribution < -0.4 is 5.32 Å². The second-order valence-electron chi connectivity index (χ2n) is 4.55. The lowest BCUT2D eigenvalue weighted by Crippen LogP contribution is -2.08. The van der Waals surface area contributed by atoms with Gasteiger partial charge >= 0.3 is 5.97 Å². The fourth-order valence-corrected chi connectivity index (χ4v) is 1.99. The zero-order valence-electron chi connectivity index (χ0n) is 12.8. The van der Waals surface area contributed by atoms with E-state index >= 15 is 0 Å². The van der Waals surface area contributed by atoms with E-state index in [-0.39, 0.29) is 40.9 Å². The molecule has 0 radical (unpaired) electrons. The maximum absolute atomic E-state index is 11.6. The van der Waals surface area contributed by atoms with Gasteiger partial charge in [-0.15, -0.1) is 10.2 Å². The molecule has 0 saturated heterocycles. The molecule has 8 nitrogen and oxygen atoms in total. The molecule has 0 amide bonds. The Hall–Kier alpha value is -3.21. The Morgan fingerprint density at radius 2 is 2.13 bits per heavy atom. The molecule has 0 atom stereocenters. The predicted molar refractivity (Wildman–Crippen MR) is 79.4 cm³/mol. The summed E-state index contributed by atoms with van der Waals surface area (Å²) in [7, 11) is 0. The first-order valence-corrected chi connectivity index (χ1v) is 6.80. The van der Waals surface area contributed by atoms with Crippen molar-refractivity contribution in [3.63, 3.8) is 0 Å². The minimum atomic E-state index is -0.572. The number of aryl methyl sites for hydroxylation is 1. The van der Waals surface area contributed by atoms with Crippen molar-refractivity contribution in [2.45, 2.75) is 20.8 Å². The van der Waals surface area contributed by atoms with E-state index in [1.807, 2.05) is 6.07 Å². The average molecular weight is 314 g/mol. The first-order chi connectivity index (χ1) is 11.0. The molecule has 2 aromatic rings. The Bertz CT molecular complexity index is 787. The number of nitriles is 1. The number of ketones is 1. The molecule has 0 fully saturated rings. The molecule has 0 aliphatic rings. The largest absolute Gasteiger partial charge is 0.461 e. The van der Waals surface area contributed by atoms with E-state index in [0.717, 1.165) is 0 Å². The summed E-state index contributed by atoms with van der Waals surface area (Å²) in [6, 6.07) is 4.86. The number of aromatic nitrogens is 2. The van der Waals surface area contributed by atoms with Gasteiger partial charge < -0.3 is 14.5 Å². The van der Waals surface area contributed by atoms with E-state index in [0.29, 0.717) is 5.76 Å². The molecule has 2 heterocycles. The van der Waals surface area contributed by atoms with Gasteiger partial charge in [0.05, 0.1) is 12.2 Å². The van der Waals surface area contributed by atoms with Crippen LogP contribution in [0, 0.1) is 18.3 Å². The van der Waals surface area contributed by atoms with Gasteiger partial charge in [-0.05, 0) is 32.9 Å². The molecule has 0 aliphatic heterocycles. The van der Waals surface area contributed by atoms with Crippen LogP contribution in [0.2, 0.25) is 0 Å². The first kappa shape index (κ1) is 16.2. The van der Waals surface area contributed by atoms with Crippen molar-refractivity contribution in [3.05, 3.63) is 34.7 Å². The van der Waals surface area contributed by atoms with Crippen LogP contribution >= 0.6 is 0 Å². The van der Waals surface area contributed by atoms with Crippen LogP contribution in [0.4, 0.5) is 11.7 Å². The van der Waals surface area contributed by atoms with Gasteiger partial charge in [0.1, 0.15) is 17.4 Å². The van der Waals surface area contributed by atoms with Crippen LogP contribution in [0.15, 0.2) is 16.5 Å². The minimum absolute atomic E-state index is 0.0676. The van der Waals surface area contributed by atoms with Gasteiger partial charge in [0.25, 0.3) is 0 Å². The van der Waals surface area contributed by atoms with Crippen LogP contribution in [0.1, 0.15) is 46.0 Å². The molecule has 0 saturated carbocycles. The second-order valence-corrected chi connectivity index (χ2v) is 4.55. The molecule has 118 valence electrons. The highest BCUT2D eigenvalue weighted by Gasteiger charge is 2.21. The summed E-state index contributed by atoms with van der Waals surface area (Å²) >= 11 is 0. The van der Waals surface area contributed by atoms with Crippen LogP contribution in [-0.4, -0.2) is 28.6 Å². The van der Waals surface area contributed by atoms with Gasteiger partial charge in [-0.3, -0.25) is 4.79 Å². The lowest BCUT2D eigenvalue weighted by Gasteiger charge is -2.03. The highest BCUT2D eigenvalue weighted by molar-refractivity contribution is 5.99. The molecule has 8 heteroatoms. The molecule has 0 spiro atoms. The van der Waals surface area contributed by atoms with Crippen LogP contribution in [0.3, 0.4) is 0 Å². The Balaban J connectivity index is 2.27. The predicted octanol–water partition coefficient (Wildman–Crippen LogP) is 2.37. The Morgan fingerprint density at radius 1 is 1.39 bits per heavy atom. The number of hydrogen-bond donors (Lipinski definition) is 1. The number of ether oxygens (including phenoxy) is 1. The SMILES string of the molecule is CCOC(=O)c1ccc(Nc2oc(C)c(C(C)=O)c2C#N)nn1. The first-order valence-electron chi connectivity index (χ1n) is 6.80. The Kier molecular flexibility index (Phi) is 4.71. The van der Waals surface area contributed by atoms with E-state index in [2.05, 4.69) is 15.5 Å². The lowest BCUT2D eigenvalue weighted by molar-refractivity contribution is 0.0518. The zero-order chi connectivity index (χ0) is 17.0. The molecule has 2 aromatic heterocycles. The second kappa shape index (κ2) is 6.70. The smallest absolute Gasteiger partial charge is 0.358 e. The summed E-state index contributed by atoms with van der Waals surface area (Å²) in [5.74, 6) is -0.129. The van der Waals surface area contributed by atoms with Crippen molar-refractivity contribution in [3.8, 4) is 6.07 Å². The summed E-state index contributed by atoms with van der Waals surface area (Å²) < 4.78 is 10.2. The number of carbonyl (C=O) groups excluding carboxylic acids is 2. The number of esters is 1. The quantitative estimate of drug-likeness (QED) is 0.660. The number of rotatable bonds is 5. The van der Waals surface area contributed by atoms with Crippen molar-refractivity contribution in [2.75, 3.05) is 11.9 Å².